The van der Waals surface area contributed by atoms with Gasteiger partial charge in [-0.1, -0.05) is 0 Å². The van der Waals surface area contributed by atoms with Crippen molar-refractivity contribution in [2.45, 2.75) is 13.5 Å². The maximum absolute atomic E-state index is 12.7. The molecule has 0 radical (unpaired) electrons. The van der Waals surface area contributed by atoms with Crippen LogP contribution in [0.5, 0.6) is 0 Å². The van der Waals surface area contributed by atoms with Crippen molar-refractivity contribution in [3.05, 3.63) is 38.5 Å². The third-order valence-electron chi connectivity index (χ3n) is 2.21. The van der Waals surface area contributed by atoms with E-state index in [4.69, 9.17) is 0 Å². The van der Waals surface area contributed by atoms with Crippen LogP contribution < -0.4 is 5.43 Å². The average Bonchev–Trinajstić information content (AvgIpc) is 2.95. The topological polar surface area (TPSA) is 59.3 Å². The zero-order valence-electron chi connectivity index (χ0n) is 9.93. The summed E-state index contributed by atoms with van der Waals surface area (Å²) < 4.78 is 15.0. The van der Waals surface area contributed by atoms with E-state index in [1.807, 2.05) is 6.92 Å². The number of hydrogen-bond acceptors (Lipinski definition) is 4. The fraction of sp³-hybridized carbons (Fsp3) is 0.182. The number of aromatic nitrogens is 2. The molecule has 0 bridgehead atoms. The third-order valence-corrected chi connectivity index (χ3v) is 3.60. The van der Waals surface area contributed by atoms with Gasteiger partial charge in [0.15, 0.2) is 10.8 Å². The first-order valence-electron chi connectivity index (χ1n) is 5.42. The number of amides is 1. The molecule has 0 saturated carbocycles. The molecule has 2 rings (SSSR count). The smallest absolute Gasteiger partial charge is 0.271 e. The normalized spacial score (nSPS) is 11.1. The minimum absolute atomic E-state index is 0.261. The third kappa shape index (κ3) is 3.48. The van der Waals surface area contributed by atoms with Gasteiger partial charge in [0.2, 0.25) is 0 Å². The highest BCUT2D eigenvalue weighted by Crippen LogP contribution is 2.15. The quantitative estimate of drug-likeness (QED) is 0.684. The zero-order chi connectivity index (χ0) is 13.8. The van der Waals surface area contributed by atoms with E-state index in [-0.39, 0.29) is 10.8 Å². The van der Waals surface area contributed by atoms with E-state index in [1.54, 1.807) is 16.9 Å². The zero-order valence-corrected chi connectivity index (χ0v) is 12.3. The number of hydrogen-bond donors (Lipinski definition) is 1. The fourth-order valence-corrected chi connectivity index (χ4v) is 2.42. The Labute approximate surface area is 121 Å². The number of nitrogens with zero attached hydrogens (tertiary/aromatic N) is 3. The lowest BCUT2D eigenvalue weighted by molar-refractivity contribution is 0.0948. The highest BCUT2D eigenvalue weighted by Gasteiger charge is 2.13. The Balaban J connectivity index is 2.01. The van der Waals surface area contributed by atoms with E-state index in [9.17, 15) is 9.18 Å². The molecule has 100 valence electrons. The lowest BCUT2D eigenvalue weighted by Gasteiger charge is -1.95. The summed E-state index contributed by atoms with van der Waals surface area (Å²) >= 11 is 4.20. The van der Waals surface area contributed by atoms with Crippen LogP contribution in [-0.4, -0.2) is 21.9 Å². The van der Waals surface area contributed by atoms with Crippen LogP contribution in [0.15, 0.2) is 27.9 Å². The molecule has 8 heteroatoms. The highest BCUT2D eigenvalue weighted by atomic mass is 79.9. The molecule has 0 saturated heterocycles. The Kier molecular flexibility index (Phi) is 4.43. The van der Waals surface area contributed by atoms with Crippen LogP contribution in [0, 0.1) is 5.13 Å². The van der Waals surface area contributed by atoms with Crippen molar-refractivity contribution in [2.24, 2.45) is 5.10 Å². The molecule has 0 aromatic carbocycles. The van der Waals surface area contributed by atoms with Gasteiger partial charge in [0.25, 0.3) is 5.91 Å². The van der Waals surface area contributed by atoms with Gasteiger partial charge >= 0.3 is 0 Å². The summed E-state index contributed by atoms with van der Waals surface area (Å²) in [4.78, 5) is 12.4. The Hall–Kier alpha value is -1.54. The number of thiophene rings is 1. The minimum atomic E-state index is -0.424. The molecule has 0 spiro atoms. The second-order valence-electron chi connectivity index (χ2n) is 3.52. The predicted molar refractivity (Wildman–Crippen MR) is 74.9 cm³/mol. The summed E-state index contributed by atoms with van der Waals surface area (Å²) in [5.74, 6) is -0.424. The van der Waals surface area contributed by atoms with E-state index >= 15 is 0 Å². The van der Waals surface area contributed by atoms with E-state index in [0.29, 0.717) is 15.9 Å². The first-order chi connectivity index (χ1) is 9.10. The van der Waals surface area contributed by atoms with Gasteiger partial charge in [-0.2, -0.15) is 14.6 Å². The Morgan fingerprint density at radius 1 is 1.68 bits per heavy atom. The van der Waals surface area contributed by atoms with Crippen molar-refractivity contribution in [2.75, 3.05) is 0 Å². The van der Waals surface area contributed by atoms with Gasteiger partial charge in [0.05, 0.1) is 15.6 Å². The van der Waals surface area contributed by atoms with Crippen LogP contribution in [-0.2, 0) is 6.54 Å². The Morgan fingerprint density at radius 3 is 3.05 bits per heavy atom. The average molecular weight is 345 g/mol. The summed E-state index contributed by atoms with van der Waals surface area (Å²) in [6, 6.07) is 2.92. The SMILES string of the molecule is CCn1cc(Br)c(C(=O)N/N=C\c2ccc(F)s2)n1. The van der Waals surface area contributed by atoms with Crippen molar-refractivity contribution >= 4 is 39.4 Å². The van der Waals surface area contributed by atoms with Crippen molar-refractivity contribution < 1.29 is 9.18 Å². The molecular weight excluding hydrogens is 335 g/mol. The molecule has 2 aromatic rings. The molecule has 0 unspecified atom stereocenters. The maximum Gasteiger partial charge on any atom is 0.293 e. The van der Waals surface area contributed by atoms with Crippen LogP contribution in [0.25, 0.3) is 0 Å². The molecule has 0 atom stereocenters. The number of carbonyl (C=O) groups is 1. The van der Waals surface area contributed by atoms with Gasteiger partial charge in [-0.05, 0) is 35.0 Å². The van der Waals surface area contributed by atoms with Crippen molar-refractivity contribution in [1.82, 2.24) is 15.2 Å². The number of halogens is 2. The lowest BCUT2D eigenvalue weighted by Crippen LogP contribution is -2.19. The van der Waals surface area contributed by atoms with Gasteiger partial charge in [-0.3, -0.25) is 9.48 Å². The number of hydrazone groups is 1. The monoisotopic (exact) mass is 344 g/mol. The number of carbonyl (C=O) groups excluding carboxylic acids is 1. The Morgan fingerprint density at radius 2 is 2.47 bits per heavy atom. The molecule has 1 N–H and O–H groups in total. The first kappa shape index (κ1) is 13.9. The standard InChI is InChI=1S/C11H10BrFN4OS/c1-2-17-6-8(12)10(16-17)11(18)15-14-5-7-3-4-9(13)19-7/h3-6H,2H2,1H3,(H,15,18)/b14-5-. The number of aryl methyl sites for hydroxylation is 1. The van der Waals surface area contributed by atoms with Crippen LogP contribution in [0.2, 0.25) is 0 Å². The largest absolute Gasteiger partial charge is 0.293 e. The van der Waals surface area contributed by atoms with E-state index in [1.165, 1.54) is 12.3 Å². The Bertz CT molecular complexity index is 622. The molecule has 0 fully saturated rings. The summed E-state index contributed by atoms with van der Waals surface area (Å²) in [7, 11) is 0. The van der Waals surface area contributed by atoms with Gasteiger partial charge in [-0.15, -0.1) is 11.3 Å². The van der Waals surface area contributed by atoms with Gasteiger partial charge in [-0.25, -0.2) is 5.43 Å². The molecule has 0 aliphatic heterocycles. The van der Waals surface area contributed by atoms with Crippen LogP contribution in [0.3, 0.4) is 0 Å². The predicted octanol–water partition coefficient (Wildman–Crippen LogP) is 2.63. The van der Waals surface area contributed by atoms with Crippen LogP contribution in [0.4, 0.5) is 4.39 Å². The van der Waals surface area contributed by atoms with E-state index < -0.39 is 5.91 Å². The van der Waals surface area contributed by atoms with Gasteiger partial charge in [0, 0.05) is 12.7 Å². The first-order valence-corrected chi connectivity index (χ1v) is 7.02. The summed E-state index contributed by atoms with van der Waals surface area (Å²) in [5, 5.41) is 7.55. The number of nitrogens with one attached hydrogen (secondary N) is 1. The van der Waals surface area contributed by atoms with Crippen LogP contribution in [0.1, 0.15) is 22.3 Å². The van der Waals surface area contributed by atoms with Gasteiger partial charge in [0.1, 0.15) is 0 Å². The minimum Gasteiger partial charge on any atom is -0.271 e. The van der Waals surface area contributed by atoms with Crippen LogP contribution >= 0.6 is 27.3 Å². The maximum atomic E-state index is 12.7. The molecule has 2 heterocycles. The van der Waals surface area contributed by atoms with Crippen molar-refractivity contribution in [3.63, 3.8) is 0 Å². The highest BCUT2D eigenvalue weighted by molar-refractivity contribution is 9.10. The second-order valence-corrected chi connectivity index (χ2v) is 5.44. The molecule has 0 aliphatic carbocycles. The molecule has 2 aromatic heterocycles. The molecule has 19 heavy (non-hydrogen) atoms. The molecule has 1 amide bonds. The van der Waals surface area contributed by atoms with Crippen molar-refractivity contribution in [1.29, 1.82) is 0 Å². The summed E-state index contributed by atoms with van der Waals surface area (Å²) in [6.07, 6.45) is 3.10. The fourth-order valence-electron chi connectivity index (χ4n) is 1.32. The molecular formula is C11H10BrFN4OS. The lowest BCUT2D eigenvalue weighted by atomic mass is 10.4. The van der Waals surface area contributed by atoms with Gasteiger partial charge < -0.3 is 0 Å². The van der Waals surface area contributed by atoms with E-state index in [0.717, 1.165) is 11.3 Å². The molecule has 5 nitrogen and oxygen atoms in total. The summed E-state index contributed by atoms with van der Waals surface area (Å²) in [6.45, 7) is 2.59. The number of rotatable bonds is 4. The summed E-state index contributed by atoms with van der Waals surface area (Å²) in [5.41, 5.74) is 2.60. The second kappa shape index (κ2) is 6.07. The van der Waals surface area contributed by atoms with Crippen molar-refractivity contribution in [3.8, 4) is 0 Å². The van der Waals surface area contributed by atoms with E-state index in [2.05, 4.69) is 31.6 Å². The molecule has 0 aliphatic rings.